The maximum absolute atomic E-state index is 10.9. The van der Waals surface area contributed by atoms with Crippen molar-refractivity contribution in [2.75, 3.05) is 19.5 Å². The molecule has 1 aromatic carbocycles. The third-order valence-electron chi connectivity index (χ3n) is 2.67. The summed E-state index contributed by atoms with van der Waals surface area (Å²) in [6.07, 6.45) is 1.11. The van der Waals surface area contributed by atoms with Crippen molar-refractivity contribution >= 4 is 11.6 Å². The highest BCUT2D eigenvalue weighted by Crippen LogP contribution is 2.25. The molecule has 0 bridgehead atoms. The second-order valence-electron chi connectivity index (χ2n) is 4.03. The van der Waals surface area contributed by atoms with Gasteiger partial charge in [0.1, 0.15) is 18.6 Å². The number of hydrogen-bond donors (Lipinski definition) is 1. The van der Waals surface area contributed by atoms with Crippen molar-refractivity contribution in [2.45, 2.75) is 6.61 Å². The molecule has 0 fully saturated rings. The van der Waals surface area contributed by atoms with E-state index in [-0.39, 0.29) is 24.1 Å². The topological polar surface area (TPSA) is 99.4 Å². The molecule has 0 aliphatic rings. The number of benzene rings is 1. The highest BCUT2D eigenvalue weighted by molar-refractivity contribution is 5.43. The van der Waals surface area contributed by atoms with Crippen molar-refractivity contribution in [1.29, 1.82) is 0 Å². The van der Waals surface area contributed by atoms with Crippen molar-refractivity contribution in [1.82, 2.24) is 9.97 Å². The van der Waals surface area contributed by atoms with Gasteiger partial charge in [0.05, 0.1) is 12.0 Å². The Kier molecular flexibility index (Phi) is 4.50. The third-order valence-corrected chi connectivity index (χ3v) is 2.67. The fourth-order valence-electron chi connectivity index (χ4n) is 1.63. The van der Waals surface area contributed by atoms with E-state index in [0.29, 0.717) is 5.75 Å². The summed E-state index contributed by atoms with van der Waals surface area (Å²) in [7, 11) is 3.18. The Labute approximate surface area is 120 Å². The van der Waals surface area contributed by atoms with Crippen LogP contribution in [0, 0.1) is 10.1 Å². The first kappa shape index (κ1) is 14.5. The Morgan fingerprint density at radius 3 is 2.90 bits per heavy atom. The molecule has 0 spiro atoms. The smallest absolute Gasteiger partial charge is 0.349 e. The van der Waals surface area contributed by atoms with Gasteiger partial charge in [-0.1, -0.05) is 12.1 Å². The van der Waals surface area contributed by atoms with Gasteiger partial charge in [-0.25, -0.2) is 4.98 Å². The van der Waals surface area contributed by atoms with Crippen LogP contribution >= 0.6 is 0 Å². The van der Waals surface area contributed by atoms with E-state index >= 15 is 0 Å². The van der Waals surface area contributed by atoms with Crippen LogP contribution in [-0.4, -0.2) is 29.0 Å². The highest BCUT2D eigenvalue weighted by Gasteiger charge is 2.18. The van der Waals surface area contributed by atoms with Crippen LogP contribution in [0.3, 0.4) is 0 Å². The summed E-state index contributed by atoms with van der Waals surface area (Å²) in [5, 5.41) is 13.6. The summed E-state index contributed by atoms with van der Waals surface area (Å²) in [6.45, 7) is 0.137. The second kappa shape index (κ2) is 6.51. The highest BCUT2D eigenvalue weighted by atomic mass is 16.6. The lowest BCUT2D eigenvalue weighted by atomic mass is 10.2. The molecule has 2 rings (SSSR count). The molecule has 0 unspecified atom stereocenters. The number of hydrogen-bond acceptors (Lipinski definition) is 7. The van der Waals surface area contributed by atoms with Crippen LogP contribution in [0.25, 0.3) is 0 Å². The first-order valence-electron chi connectivity index (χ1n) is 6.09. The summed E-state index contributed by atoms with van der Waals surface area (Å²) in [4.78, 5) is 18.1. The van der Waals surface area contributed by atoms with Gasteiger partial charge in [-0.15, -0.1) is 0 Å². The van der Waals surface area contributed by atoms with E-state index in [0.717, 1.165) is 11.8 Å². The predicted octanol–water partition coefficient (Wildman–Crippen LogP) is 2.01. The molecular weight excluding hydrogens is 276 g/mol. The maximum atomic E-state index is 10.9. The van der Waals surface area contributed by atoms with Gasteiger partial charge in [0.2, 0.25) is 5.95 Å². The number of nitrogens with zero attached hydrogens (tertiary/aromatic N) is 3. The molecule has 8 nitrogen and oxygen atoms in total. The maximum Gasteiger partial charge on any atom is 0.349 e. The van der Waals surface area contributed by atoms with Crippen molar-refractivity contribution in [3.63, 3.8) is 0 Å². The number of aromatic nitrogens is 2. The van der Waals surface area contributed by atoms with Gasteiger partial charge in [0.25, 0.3) is 5.88 Å². The lowest BCUT2D eigenvalue weighted by molar-refractivity contribution is -0.386. The molecule has 1 aromatic heterocycles. The number of rotatable bonds is 6. The van der Waals surface area contributed by atoms with Crippen LogP contribution in [0.2, 0.25) is 0 Å². The molecule has 0 saturated heterocycles. The van der Waals surface area contributed by atoms with E-state index in [1.165, 1.54) is 0 Å². The molecule has 8 heteroatoms. The van der Waals surface area contributed by atoms with Crippen LogP contribution < -0.4 is 14.8 Å². The van der Waals surface area contributed by atoms with E-state index in [4.69, 9.17) is 9.47 Å². The normalized spacial score (nSPS) is 10.0. The predicted molar refractivity (Wildman–Crippen MR) is 75.6 cm³/mol. The minimum absolute atomic E-state index is 0.0813. The molecule has 1 N–H and O–H groups in total. The largest absolute Gasteiger partial charge is 0.497 e. The monoisotopic (exact) mass is 290 g/mol. The molecule has 110 valence electrons. The van der Waals surface area contributed by atoms with Gasteiger partial charge >= 0.3 is 5.69 Å². The molecule has 0 radical (unpaired) electrons. The van der Waals surface area contributed by atoms with E-state index < -0.39 is 4.92 Å². The average Bonchev–Trinajstić information content (AvgIpc) is 2.52. The molecule has 0 aliphatic carbocycles. The number of methoxy groups -OCH3 is 1. The average molecular weight is 290 g/mol. The van der Waals surface area contributed by atoms with Gasteiger partial charge in [0, 0.05) is 7.05 Å². The van der Waals surface area contributed by atoms with Gasteiger partial charge < -0.3 is 14.8 Å². The van der Waals surface area contributed by atoms with Crippen molar-refractivity contribution in [3.8, 4) is 11.6 Å². The van der Waals surface area contributed by atoms with Gasteiger partial charge in [0.15, 0.2) is 0 Å². The van der Waals surface area contributed by atoms with E-state index in [1.807, 2.05) is 12.1 Å². The van der Waals surface area contributed by atoms with E-state index in [1.54, 1.807) is 26.3 Å². The van der Waals surface area contributed by atoms with Crippen molar-refractivity contribution < 1.29 is 14.4 Å². The second-order valence-corrected chi connectivity index (χ2v) is 4.03. The minimum Gasteiger partial charge on any atom is -0.497 e. The van der Waals surface area contributed by atoms with Crippen LogP contribution in [0.4, 0.5) is 11.6 Å². The number of nitrogens with one attached hydrogen (secondary N) is 1. The lowest BCUT2D eigenvalue weighted by Crippen LogP contribution is -2.05. The lowest BCUT2D eigenvalue weighted by Gasteiger charge is -2.08. The summed E-state index contributed by atoms with van der Waals surface area (Å²) in [5.74, 6) is 0.854. The Hall–Kier alpha value is -2.90. The SMILES string of the molecule is CNc1ncc([N+](=O)[O-])c(OCc2cccc(OC)c2)n1. The summed E-state index contributed by atoms with van der Waals surface area (Å²) >= 11 is 0. The standard InChI is InChI=1S/C13H14N4O4/c1-14-13-15-7-11(17(18)19)12(16-13)21-8-9-4-3-5-10(6-9)20-2/h3-7H,8H2,1-2H3,(H,14,15,16). The van der Waals surface area contributed by atoms with Crippen molar-refractivity contribution in [2.24, 2.45) is 0 Å². The molecule has 0 aliphatic heterocycles. The first-order chi connectivity index (χ1) is 10.1. The minimum atomic E-state index is -0.583. The van der Waals surface area contributed by atoms with Gasteiger partial charge in [-0.3, -0.25) is 10.1 Å². The molecule has 1 heterocycles. The Morgan fingerprint density at radius 2 is 2.24 bits per heavy atom. The van der Waals surface area contributed by atoms with E-state index in [2.05, 4.69) is 15.3 Å². The zero-order valence-corrected chi connectivity index (χ0v) is 11.6. The van der Waals surface area contributed by atoms with Crippen LogP contribution in [0.15, 0.2) is 30.5 Å². The van der Waals surface area contributed by atoms with Crippen molar-refractivity contribution in [3.05, 3.63) is 46.1 Å². The summed E-state index contributed by atoms with van der Waals surface area (Å²) in [5.41, 5.74) is 0.533. The molecular formula is C13H14N4O4. The quantitative estimate of drug-likeness (QED) is 0.641. The first-order valence-corrected chi connectivity index (χ1v) is 6.09. The number of anilines is 1. The fraction of sp³-hybridized carbons (Fsp3) is 0.231. The van der Waals surface area contributed by atoms with Crippen LogP contribution in [0.1, 0.15) is 5.56 Å². The zero-order valence-electron chi connectivity index (χ0n) is 11.6. The molecule has 0 amide bonds. The molecule has 0 atom stereocenters. The molecule has 21 heavy (non-hydrogen) atoms. The Morgan fingerprint density at radius 1 is 1.43 bits per heavy atom. The van der Waals surface area contributed by atoms with Gasteiger partial charge in [-0.05, 0) is 17.7 Å². The summed E-state index contributed by atoms with van der Waals surface area (Å²) in [6, 6.07) is 7.22. The summed E-state index contributed by atoms with van der Waals surface area (Å²) < 4.78 is 10.5. The molecule has 0 saturated carbocycles. The van der Waals surface area contributed by atoms with Crippen LogP contribution in [0.5, 0.6) is 11.6 Å². The van der Waals surface area contributed by atoms with Gasteiger partial charge in [-0.2, -0.15) is 4.98 Å². The third kappa shape index (κ3) is 3.56. The van der Waals surface area contributed by atoms with Crippen LogP contribution in [-0.2, 0) is 6.61 Å². The Bertz CT molecular complexity index is 648. The molecule has 2 aromatic rings. The van der Waals surface area contributed by atoms with E-state index in [9.17, 15) is 10.1 Å². The Balaban J connectivity index is 2.19. The zero-order chi connectivity index (χ0) is 15.2. The number of nitro groups is 1. The number of ether oxygens (including phenoxy) is 2. The fourth-order valence-corrected chi connectivity index (χ4v) is 1.63.